The van der Waals surface area contributed by atoms with Crippen LogP contribution in [0.4, 0.5) is 0 Å². The summed E-state index contributed by atoms with van der Waals surface area (Å²) in [5.41, 5.74) is 0.0368. The van der Waals surface area contributed by atoms with E-state index in [0.29, 0.717) is 31.3 Å². The van der Waals surface area contributed by atoms with Crippen molar-refractivity contribution >= 4 is 5.78 Å². The quantitative estimate of drug-likeness (QED) is 0.650. The normalized spacial score (nSPS) is 44.9. The Labute approximate surface area is 103 Å². The van der Waals surface area contributed by atoms with Gasteiger partial charge in [-0.15, -0.1) is 0 Å². The second-order valence-electron chi connectivity index (χ2n) is 6.12. The summed E-state index contributed by atoms with van der Waals surface area (Å²) in [6.45, 7) is 5.80. The zero-order valence-corrected chi connectivity index (χ0v) is 10.8. The number of hydrogen-bond acceptors (Lipinski definition) is 3. The van der Waals surface area contributed by atoms with Gasteiger partial charge in [0.2, 0.25) is 0 Å². The van der Waals surface area contributed by atoms with E-state index in [4.69, 9.17) is 9.47 Å². The van der Waals surface area contributed by atoms with Crippen LogP contribution in [0.1, 0.15) is 46.0 Å². The molecule has 1 heterocycles. The van der Waals surface area contributed by atoms with Crippen molar-refractivity contribution in [3.8, 4) is 0 Å². The van der Waals surface area contributed by atoms with Gasteiger partial charge >= 0.3 is 0 Å². The van der Waals surface area contributed by atoms with E-state index in [0.717, 1.165) is 25.7 Å². The molecule has 1 spiro atoms. The topological polar surface area (TPSA) is 35.5 Å². The maximum absolute atomic E-state index is 11.9. The lowest BCUT2D eigenvalue weighted by molar-refractivity contribution is -0.278. The van der Waals surface area contributed by atoms with Gasteiger partial charge in [-0.05, 0) is 25.2 Å². The molecule has 0 aromatic carbocycles. The lowest BCUT2D eigenvalue weighted by Crippen LogP contribution is -2.58. The van der Waals surface area contributed by atoms with Crippen molar-refractivity contribution in [2.75, 3.05) is 13.2 Å². The van der Waals surface area contributed by atoms with Crippen molar-refractivity contribution in [3.63, 3.8) is 0 Å². The lowest BCUT2D eigenvalue weighted by atomic mass is 9.54. The van der Waals surface area contributed by atoms with Crippen LogP contribution in [0.2, 0.25) is 0 Å². The summed E-state index contributed by atoms with van der Waals surface area (Å²) in [5.74, 6) is 0.669. The van der Waals surface area contributed by atoms with Crippen LogP contribution >= 0.6 is 0 Å². The van der Waals surface area contributed by atoms with Crippen molar-refractivity contribution < 1.29 is 14.3 Å². The summed E-state index contributed by atoms with van der Waals surface area (Å²) in [5, 5.41) is 0. The second kappa shape index (κ2) is 3.79. The van der Waals surface area contributed by atoms with Crippen molar-refractivity contribution in [2.24, 2.45) is 17.3 Å². The van der Waals surface area contributed by atoms with Crippen LogP contribution < -0.4 is 0 Å². The summed E-state index contributed by atoms with van der Waals surface area (Å²) < 4.78 is 12.0. The average Bonchev–Trinajstić information content (AvgIpc) is 2.78. The predicted octanol–water partition coefficient (Wildman–Crippen LogP) is 2.53. The minimum absolute atomic E-state index is 0.0368. The molecule has 3 nitrogen and oxygen atoms in total. The molecule has 0 bridgehead atoms. The fraction of sp³-hybridized carbons (Fsp3) is 0.929. The van der Waals surface area contributed by atoms with Gasteiger partial charge in [0, 0.05) is 24.2 Å². The Balaban J connectivity index is 1.97. The van der Waals surface area contributed by atoms with Crippen LogP contribution in [0.5, 0.6) is 0 Å². The standard InChI is InChI=1S/C14H22O3/c1-10-11-4-3-6-14(16-8-9-17-14)13(11,2)7-5-12(10)15/h10-11H,3-9H2,1-2H3/t10-,11-,13-/m0/s1. The molecule has 3 aliphatic rings. The van der Waals surface area contributed by atoms with Gasteiger partial charge in [0.25, 0.3) is 0 Å². The second-order valence-corrected chi connectivity index (χ2v) is 6.12. The zero-order valence-electron chi connectivity index (χ0n) is 10.8. The number of ketones is 1. The molecule has 0 radical (unpaired) electrons. The third-order valence-corrected chi connectivity index (χ3v) is 5.47. The van der Waals surface area contributed by atoms with Crippen molar-refractivity contribution in [1.82, 2.24) is 0 Å². The Morgan fingerprint density at radius 1 is 1.24 bits per heavy atom. The first-order valence-corrected chi connectivity index (χ1v) is 6.90. The Morgan fingerprint density at radius 3 is 2.65 bits per heavy atom. The van der Waals surface area contributed by atoms with Crippen LogP contribution in [-0.2, 0) is 14.3 Å². The Kier molecular flexibility index (Phi) is 2.60. The SMILES string of the molecule is C[C@@H]1C(=O)CC[C@@]2(C)[C@H]1CCCC21OCCO1. The molecule has 3 atom stereocenters. The molecule has 17 heavy (non-hydrogen) atoms. The molecule has 0 N–H and O–H groups in total. The molecule has 1 saturated heterocycles. The molecule has 96 valence electrons. The van der Waals surface area contributed by atoms with Crippen molar-refractivity contribution in [2.45, 2.75) is 51.7 Å². The minimum Gasteiger partial charge on any atom is -0.347 e. The van der Waals surface area contributed by atoms with Crippen molar-refractivity contribution in [1.29, 1.82) is 0 Å². The van der Waals surface area contributed by atoms with Gasteiger partial charge in [-0.2, -0.15) is 0 Å². The average molecular weight is 238 g/mol. The third kappa shape index (κ3) is 1.45. The largest absolute Gasteiger partial charge is 0.347 e. The van der Waals surface area contributed by atoms with E-state index in [2.05, 4.69) is 13.8 Å². The first-order valence-electron chi connectivity index (χ1n) is 6.90. The number of carbonyl (C=O) groups is 1. The molecular weight excluding hydrogens is 216 g/mol. The molecule has 0 amide bonds. The molecule has 2 aliphatic carbocycles. The Bertz CT molecular complexity index is 332. The smallest absolute Gasteiger partial charge is 0.174 e. The fourth-order valence-electron chi connectivity index (χ4n) is 4.38. The number of carbonyl (C=O) groups excluding carboxylic acids is 1. The summed E-state index contributed by atoms with van der Waals surface area (Å²) in [6, 6.07) is 0. The predicted molar refractivity (Wildman–Crippen MR) is 63.5 cm³/mol. The number of fused-ring (bicyclic) bond motifs is 2. The highest BCUT2D eigenvalue weighted by Gasteiger charge is 2.61. The lowest BCUT2D eigenvalue weighted by Gasteiger charge is -2.56. The molecular formula is C14H22O3. The van der Waals surface area contributed by atoms with Crippen LogP contribution in [-0.4, -0.2) is 24.8 Å². The van der Waals surface area contributed by atoms with E-state index in [1.165, 1.54) is 0 Å². The van der Waals surface area contributed by atoms with Gasteiger partial charge in [-0.25, -0.2) is 0 Å². The molecule has 3 heteroatoms. The van der Waals surface area contributed by atoms with Gasteiger partial charge in [-0.3, -0.25) is 4.79 Å². The van der Waals surface area contributed by atoms with E-state index in [9.17, 15) is 4.79 Å². The van der Waals surface area contributed by atoms with Gasteiger partial charge in [0.15, 0.2) is 5.79 Å². The highest BCUT2D eigenvalue weighted by molar-refractivity contribution is 5.82. The number of Topliss-reactive ketones (excluding diaryl/α,β-unsaturated/α-hetero) is 1. The van der Waals surface area contributed by atoms with Gasteiger partial charge in [0.05, 0.1) is 13.2 Å². The minimum atomic E-state index is -0.384. The maximum atomic E-state index is 11.9. The zero-order chi connectivity index (χ0) is 12.1. The molecule has 3 fully saturated rings. The highest BCUT2D eigenvalue weighted by Crippen LogP contribution is 2.59. The Morgan fingerprint density at radius 2 is 1.94 bits per heavy atom. The van der Waals surface area contributed by atoms with E-state index in [1.54, 1.807) is 0 Å². The van der Waals surface area contributed by atoms with Crippen LogP contribution in [0.25, 0.3) is 0 Å². The summed E-state index contributed by atoms with van der Waals surface area (Å²) in [4.78, 5) is 11.9. The van der Waals surface area contributed by atoms with Crippen LogP contribution in [0, 0.1) is 17.3 Å². The molecule has 0 aromatic rings. The monoisotopic (exact) mass is 238 g/mol. The first kappa shape index (κ1) is 11.7. The van der Waals surface area contributed by atoms with Crippen LogP contribution in [0.15, 0.2) is 0 Å². The van der Waals surface area contributed by atoms with Gasteiger partial charge in [0.1, 0.15) is 5.78 Å². The molecule has 2 saturated carbocycles. The van der Waals surface area contributed by atoms with E-state index < -0.39 is 0 Å². The van der Waals surface area contributed by atoms with E-state index in [1.807, 2.05) is 0 Å². The van der Waals surface area contributed by atoms with Gasteiger partial charge in [-0.1, -0.05) is 13.8 Å². The van der Waals surface area contributed by atoms with Crippen molar-refractivity contribution in [3.05, 3.63) is 0 Å². The van der Waals surface area contributed by atoms with Crippen LogP contribution in [0.3, 0.4) is 0 Å². The van der Waals surface area contributed by atoms with E-state index >= 15 is 0 Å². The van der Waals surface area contributed by atoms with Gasteiger partial charge < -0.3 is 9.47 Å². The highest BCUT2D eigenvalue weighted by atomic mass is 16.7. The summed E-state index contributed by atoms with van der Waals surface area (Å²) >= 11 is 0. The third-order valence-electron chi connectivity index (χ3n) is 5.47. The summed E-state index contributed by atoms with van der Waals surface area (Å²) in [6.07, 6.45) is 4.90. The Hall–Kier alpha value is -0.410. The number of rotatable bonds is 0. The molecule has 3 rings (SSSR count). The molecule has 1 aliphatic heterocycles. The number of hydrogen-bond donors (Lipinski definition) is 0. The number of ether oxygens (including phenoxy) is 2. The van der Waals surface area contributed by atoms with E-state index in [-0.39, 0.29) is 17.1 Å². The fourth-order valence-corrected chi connectivity index (χ4v) is 4.38. The first-order chi connectivity index (χ1) is 8.09. The molecule has 0 unspecified atom stereocenters. The summed E-state index contributed by atoms with van der Waals surface area (Å²) in [7, 11) is 0. The molecule has 0 aromatic heterocycles. The maximum Gasteiger partial charge on any atom is 0.174 e.